The number of nitrogens with one attached hydrogen (secondary N) is 1. The van der Waals surface area contributed by atoms with Gasteiger partial charge in [0.15, 0.2) is 0 Å². The molecule has 0 heterocycles. The summed E-state index contributed by atoms with van der Waals surface area (Å²) in [6.45, 7) is 0. The van der Waals surface area contributed by atoms with Crippen LogP contribution in [-0.4, -0.2) is 38.0 Å². The van der Waals surface area contributed by atoms with Crippen LogP contribution in [0.5, 0.6) is 0 Å². The Morgan fingerprint density at radius 2 is 2.15 bits per heavy atom. The maximum atomic E-state index is 10.8. The first-order valence-electron chi connectivity index (χ1n) is 3.52. The van der Waals surface area contributed by atoms with E-state index >= 15 is 0 Å². The van der Waals surface area contributed by atoms with Crippen molar-refractivity contribution in [3.63, 3.8) is 0 Å². The summed E-state index contributed by atoms with van der Waals surface area (Å²) in [5.41, 5.74) is 0. The molecule has 4 nitrogen and oxygen atoms in total. The Morgan fingerprint density at radius 3 is 2.46 bits per heavy atom. The average molecular weight is 246 g/mol. The Morgan fingerprint density at radius 1 is 1.62 bits per heavy atom. The summed E-state index contributed by atoms with van der Waals surface area (Å²) in [6.07, 6.45) is 3.28. The minimum atomic E-state index is -3.36. The molecule has 0 aliphatic carbocycles. The number of hydrogen-bond donors (Lipinski definition) is 1. The van der Waals surface area contributed by atoms with E-state index < -0.39 is 21.3 Å². The lowest BCUT2D eigenvalue weighted by Crippen LogP contribution is -2.38. The second-order valence-corrected chi connectivity index (χ2v) is 5.67. The van der Waals surface area contributed by atoms with Crippen LogP contribution >= 0.6 is 23.4 Å². The largest absolute Gasteiger partial charge is 0.279 e. The van der Waals surface area contributed by atoms with Gasteiger partial charge in [0.2, 0.25) is 15.3 Å². The third-order valence-electron chi connectivity index (χ3n) is 1.24. The fourth-order valence-corrected chi connectivity index (χ4v) is 2.15. The number of sulfonamides is 1. The quantitative estimate of drug-likeness (QED) is 0.689. The fraction of sp³-hybridized carbons (Fsp3) is 0.833. The van der Waals surface area contributed by atoms with Gasteiger partial charge in [-0.2, -0.15) is 11.8 Å². The molecular weight excluding hydrogens is 234 g/mol. The van der Waals surface area contributed by atoms with Crippen molar-refractivity contribution in [3.8, 4) is 0 Å². The minimum Gasteiger partial charge on any atom is -0.279 e. The summed E-state index contributed by atoms with van der Waals surface area (Å²) < 4.78 is 23.7. The molecule has 0 rings (SSSR count). The highest BCUT2D eigenvalue weighted by Gasteiger charge is 2.19. The first-order valence-corrected chi connectivity index (χ1v) is 7.18. The first kappa shape index (κ1) is 13.2. The monoisotopic (exact) mass is 245 g/mol. The minimum absolute atomic E-state index is 0.413. The summed E-state index contributed by atoms with van der Waals surface area (Å²) in [5.74, 6) is 0.686. The molecule has 0 fully saturated rings. The van der Waals surface area contributed by atoms with Crippen LogP contribution in [0.4, 0.5) is 0 Å². The standard InChI is InChI=1S/C6H12ClNO3S2/c1-12-4-3-5(6(7)9)8-13(2,10)11/h5,8H,3-4H2,1-2H3/t5-/m0/s1. The molecule has 0 amide bonds. The number of carbonyl (C=O) groups excluding carboxylic acids is 1. The molecule has 0 bridgehead atoms. The van der Waals surface area contributed by atoms with Crippen LogP contribution in [0, 0.1) is 0 Å². The zero-order chi connectivity index (χ0) is 10.5. The predicted molar refractivity (Wildman–Crippen MR) is 55.6 cm³/mol. The van der Waals surface area contributed by atoms with Gasteiger partial charge >= 0.3 is 0 Å². The van der Waals surface area contributed by atoms with Crippen molar-refractivity contribution in [1.82, 2.24) is 4.72 Å². The highest BCUT2D eigenvalue weighted by atomic mass is 35.5. The van der Waals surface area contributed by atoms with Gasteiger partial charge in [-0.25, -0.2) is 13.1 Å². The van der Waals surface area contributed by atoms with Crippen LogP contribution in [0.2, 0.25) is 0 Å². The molecule has 0 saturated heterocycles. The maximum absolute atomic E-state index is 10.8. The number of thioether (sulfide) groups is 1. The topological polar surface area (TPSA) is 63.2 Å². The van der Waals surface area contributed by atoms with Crippen molar-refractivity contribution in [2.45, 2.75) is 12.5 Å². The Kier molecular flexibility index (Phi) is 5.95. The molecule has 1 atom stereocenters. The molecule has 0 aliphatic rings. The van der Waals surface area contributed by atoms with Crippen LogP contribution in [0.25, 0.3) is 0 Å². The third kappa shape index (κ3) is 7.30. The molecule has 0 spiro atoms. The molecule has 78 valence electrons. The van der Waals surface area contributed by atoms with E-state index in [4.69, 9.17) is 11.6 Å². The van der Waals surface area contributed by atoms with Crippen LogP contribution in [0.15, 0.2) is 0 Å². The molecular formula is C6H12ClNO3S2. The molecule has 0 aromatic carbocycles. The Bertz CT molecular complexity index is 265. The average Bonchev–Trinajstić information content (AvgIpc) is 1.95. The van der Waals surface area contributed by atoms with E-state index in [1.807, 2.05) is 6.26 Å². The van der Waals surface area contributed by atoms with E-state index in [9.17, 15) is 13.2 Å². The van der Waals surface area contributed by atoms with Crippen LogP contribution in [0.1, 0.15) is 6.42 Å². The van der Waals surface area contributed by atoms with E-state index in [0.29, 0.717) is 12.2 Å². The first-order chi connectivity index (χ1) is 5.87. The van der Waals surface area contributed by atoms with Gasteiger partial charge in [-0.3, -0.25) is 4.79 Å². The van der Waals surface area contributed by atoms with E-state index in [-0.39, 0.29) is 0 Å². The Hall–Kier alpha value is 0.220. The number of rotatable bonds is 6. The normalized spacial score (nSPS) is 14.1. The summed E-state index contributed by atoms with van der Waals surface area (Å²) in [4.78, 5) is 10.8. The summed E-state index contributed by atoms with van der Waals surface area (Å²) in [7, 11) is -3.36. The van der Waals surface area contributed by atoms with Crippen LogP contribution < -0.4 is 4.72 Å². The molecule has 0 aromatic heterocycles. The van der Waals surface area contributed by atoms with Gasteiger partial charge in [-0.15, -0.1) is 0 Å². The molecule has 1 N–H and O–H groups in total. The second-order valence-electron chi connectivity index (χ2n) is 2.53. The van der Waals surface area contributed by atoms with Gasteiger partial charge in [0.25, 0.3) is 0 Å². The van der Waals surface area contributed by atoms with Crippen molar-refractivity contribution >= 4 is 38.6 Å². The van der Waals surface area contributed by atoms with Gasteiger partial charge in [-0.1, -0.05) is 0 Å². The van der Waals surface area contributed by atoms with E-state index in [2.05, 4.69) is 4.72 Å². The summed E-state index contributed by atoms with van der Waals surface area (Å²) >= 11 is 6.74. The van der Waals surface area contributed by atoms with Gasteiger partial charge in [0.05, 0.1) is 12.3 Å². The number of hydrogen-bond acceptors (Lipinski definition) is 4. The van der Waals surface area contributed by atoms with Gasteiger partial charge in [0, 0.05) is 0 Å². The molecule has 7 heteroatoms. The van der Waals surface area contributed by atoms with Gasteiger partial charge in [0.1, 0.15) is 0 Å². The van der Waals surface area contributed by atoms with Crippen LogP contribution in [-0.2, 0) is 14.8 Å². The second kappa shape index (κ2) is 5.85. The highest BCUT2D eigenvalue weighted by Crippen LogP contribution is 2.04. The van der Waals surface area contributed by atoms with Gasteiger partial charge < -0.3 is 0 Å². The van der Waals surface area contributed by atoms with Crippen molar-refractivity contribution in [1.29, 1.82) is 0 Å². The number of halogens is 1. The SMILES string of the molecule is CSCC[C@H](NS(C)(=O)=O)C(=O)Cl. The molecule has 0 unspecified atom stereocenters. The smallest absolute Gasteiger partial charge is 0.239 e. The van der Waals surface area contributed by atoms with Crippen molar-refractivity contribution in [2.75, 3.05) is 18.3 Å². The Balaban J connectivity index is 4.19. The molecule has 0 saturated carbocycles. The summed E-state index contributed by atoms with van der Waals surface area (Å²) in [6, 6.07) is -0.802. The number of carbonyl (C=O) groups is 1. The molecule has 0 radical (unpaired) electrons. The lowest BCUT2D eigenvalue weighted by molar-refractivity contribution is -0.113. The Labute approximate surface area is 87.5 Å². The fourth-order valence-electron chi connectivity index (χ4n) is 0.713. The van der Waals surface area contributed by atoms with E-state index in [1.54, 1.807) is 0 Å². The molecule has 0 aromatic rings. The van der Waals surface area contributed by atoms with Crippen molar-refractivity contribution in [3.05, 3.63) is 0 Å². The zero-order valence-corrected chi connectivity index (χ0v) is 9.80. The van der Waals surface area contributed by atoms with E-state index in [1.165, 1.54) is 11.8 Å². The zero-order valence-electron chi connectivity index (χ0n) is 7.41. The molecule has 13 heavy (non-hydrogen) atoms. The lowest BCUT2D eigenvalue weighted by Gasteiger charge is -2.11. The predicted octanol–water partition coefficient (Wildman–Crippen LogP) is 0.423. The van der Waals surface area contributed by atoms with Crippen LogP contribution in [0.3, 0.4) is 0 Å². The summed E-state index contributed by atoms with van der Waals surface area (Å²) in [5, 5.41) is -0.667. The van der Waals surface area contributed by atoms with E-state index in [0.717, 1.165) is 6.26 Å². The highest BCUT2D eigenvalue weighted by molar-refractivity contribution is 7.98. The lowest BCUT2D eigenvalue weighted by atomic mass is 10.3. The van der Waals surface area contributed by atoms with Crippen molar-refractivity contribution in [2.24, 2.45) is 0 Å². The third-order valence-corrected chi connectivity index (χ3v) is 2.86. The molecule has 0 aliphatic heterocycles. The van der Waals surface area contributed by atoms with Gasteiger partial charge in [-0.05, 0) is 30.0 Å². The van der Waals surface area contributed by atoms with Crippen molar-refractivity contribution < 1.29 is 13.2 Å². The maximum Gasteiger partial charge on any atom is 0.239 e.